The highest BCUT2D eigenvalue weighted by Gasteiger charge is 2.25. The number of hydrogen-bond donors (Lipinski definition) is 1. The van der Waals surface area contributed by atoms with E-state index >= 15 is 0 Å². The number of halogens is 2. The third kappa shape index (κ3) is 3.11. The molecule has 0 aromatic heterocycles. The van der Waals surface area contributed by atoms with Crippen LogP contribution in [0, 0.1) is 11.6 Å². The Balaban J connectivity index is 1.79. The minimum absolute atomic E-state index is 0.199. The smallest absolute Gasteiger partial charge is 0.322 e. The average Bonchev–Trinajstić information content (AvgIpc) is 2.56. The normalized spacial score (nSPS) is 13.5. The van der Waals surface area contributed by atoms with Crippen molar-refractivity contribution in [1.82, 2.24) is 5.32 Å². The van der Waals surface area contributed by atoms with Crippen molar-refractivity contribution < 1.29 is 18.3 Å². The average molecular weight is 318 g/mol. The predicted octanol–water partition coefficient (Wildman–Crippen LogP) is 3.25. The predicted molar refractivity (Wildman–Crippen MR) is 82.6 cm³/mol. The molecule has 0 saturated heterocycles. The van der Waals surface area contributed by atoms with Crippen LogP contribution < -0.4 is 15.0 Å². The Labute approximate surface area is 132 Å². The van der Waals surface area contributed by atoms with Crippen LogP contribution in [0.25, 0.3) is 0 Å². The molecule has 3 rings (SSSR count). The Hall–Kier alpha value is -2.63. The van der Waals surface area contributed by atoms with E-state index in [2.05, 4.69) is 5.32 Å². The van der Waals surface area contributed by atoms with E-state index < -0.39 is 11.6 Å². The fourth-order valence-corrected chi connectivity index (χ4v) is 2.60. The third-order valence-corrected chi connectivity index (χ3v) is 3.87. The summed E-state index contributed by atoms with van der Waals surface area (Å²) < 4.78 is 31.9. The molecule has 4 nitrogen and oxygen atoms in total. The fraction of sp³-hybridized carbons (Fsp3) is 0.235. The SMILES string of the molecule is COc1ccc(CCN2C(=O)NCc3cc(F)c(F)cc32)cc1. The molecule has 0 aliphatic carbocycles. The fourth-order valence-electron chi connectivity index (χ4n) is 2.60. The molecular weight excluding hydrogens is 302 g/mol. The van der Waals surface area contributed by atoms with Crippen molar-refractivity contribution in [2.24, 2.45) is 0 Å². The summed E-state index contributed by atoms with van der Waals surface area (Å²) in [5.74, 6) is -1.10. The molecule has 2 amide bonds. The van der Waals surface area contributed by atoms with Gasteiger partial charge in [-0.25, -0.2) is 13.6 Å². The van der Waals surface area contributed by atoms with Gasteiger partial charge in [-0.05, 0) is 35.7 Å². The molecular formula is C17H16F2N2O2. The molecule has 0 spiro atoms. The van der Waals surface area contributed by atoms with E-state index in [0.717, 1.165) is 23.4 Å². The number of ether oxygens (including phenoxy) is 1. The Morgan fingerprint density at radius 2 is 1.87 bits per heavy atom. The van der Waals surface area contributed by atoms with Crippen molar-refractivity contribution in [3.63, 3.8) is 0 Å². The lowest BCUT2D eigenvalue weighted by Crippen LogP contribution is -2.45. The van der Waals surface area contributed by atoms with Crippen LogP contribution in [0.1, 0.15) is 11.1 Å². The molecule has 6 heteroatoms. The van der Waals surface area contributed by atoms with Crippen molar-refractivity contribution in [1.29, 1.82) is 0 Å². The summed E-state index contributed by atoms with van der Waals surface area (Å²) in [7, 11) is 1.59. The van der Waals surface area contributed by atoms with Crippen molar-refractivity contribution in [3.8, 4) is 5.75 Å². The monoisotopic (exact) mass is 318 g/mol. The van der Waals surface area contributed by atoms with Gasteiger partial charge in [0.1, 0.15) is 5.75 Å². The van der Waals surface area contributed by atoms with Crippen molar-refractivity contribution in [3.05, 3.63) is 59.2 Å². The number of hydrogen-bond acceptors (Lipinski definition) is 2. The maximum atomic E-state index is 13.5. The zero-order valence-electron chi connectivity index (χ0n) is 12.6. The van der Waals surface area contributed by atoms with Gasteiger partial charge >= 0.3 is 6.03 Å². The van der Waals surface area contributed by atoms with Gasteiger partial charge in [-0.15, -0.1) is 0 Å². The number of carbonyl (C=O) groups is 1. The maximum absolute atomic E-state index is 13.5. The number of rotatable bonds is 4. The molecule has 1 aliphatic rings. The maximum Gasteiger partial charge on any atom is 0.322 e. The van der Waals surface area contributed by atoms with Gasteiger partial charge in [0.25, 0.3) is 0 Å². The first kappa shape index (κ1) is 15.3. The lowest BCUT2D eigenvalue weighted by Gasteiger charge is -2.30. The summed E-state index contributed by atoms with van der Waals surface area (Å²) in [4.78, 5) is 13.5. The van der Waals surface area contributed by atoms with Crippen LogP contribution >= 0.6 is 0 Å². The Morgan fingerprint density at radius 3 is 2.57 bits per heavy atom. The molecule has 0 bridgehead atoms. The number of methoxy groups -OCH3 is 1. The summed E-state index contributed by atoms with van der Waals surface area (Å²) in [5.41, 5.74) is 2.01. The summed E-state index contributed by atoms with van der Waals surface area (Å²) in [5, 5.41) is 2.67. The molecule has 1 heterocycles. The highest BCUT2D eigenvalue weighted by molar-refractivity contribution is 5.94. The van der Waals surface area contributed by atoms with Crippen LogP contribution in [0.2, 0.25) is 0 Å². The summed E-state index contributed by atoms with van der Waals surface area (Å²) >= 11 is 0. The molecule has 0 atom stereocenters. The molecule has 120 valence electrons. The van der Waals surface area contributed by atoms with Gasteiger partial charge in [0, 0.05) is 19.2 Å². The zero-order chi connectivity index (χ0) is 16.4. The molecule has 0 fully saturated rings. The van der Waals surface area contributed by atoms with Crippen LogP contribution in [0.5, 0.6) is 5.75 Å². The van der Waals surface area contributed by atoms with Crippen molar-refractivity contribution in [2.75, 3.05) is 18.6 Å². The number of carbonyl (C=O) groups excluding carboxylic acids is 1. The Bertz CT molecular complexity index is 732. The van der Waals surface area contributed by atoms with Gasteiger partial charge in [0.15, 0.2) is 11.6 Å². The zero-order valence-corrected chi connectivity index (χ0v) is 12.6. The topological polar surface area (TPSA) is 41.6 Å². The highest BCUT2D eigenvalue weighted by atomic mass is 19.2. The van der Waals surface area contributed by atoms with E-state index in [-0.39, 0.29) is 12.6 Å². The molecule has 23 heavy (non-hydrogen) atoms. The number of amides is 2. The van der Waals surface area contributed by atoms with Gasteiger partial charge in [0.2, 0.25) is 0 Å². The van der Waals surface area contributed by atoms with Gasteiger partial charge in [-0.3, -0.25) is 4.90 Å². The van der Waals surface area contributed by atoms with E-state index in [1.807, 2.05) is 24.3 Å². The minimum atomic E-state index is -0.951. The van der Waals surface area contributed by atoms with Crippen LogP contribution in [0.3, 0.4) is 0 Å². The Morgan fingerprint density at radius 1 is 1.17 bits per heavy atom. The molecule has 0 unspecified atom stereocenters. The number of fused-ring (bicyclic) bond motifs is 1. The van der Waals surface area contributed by atoms with Crippen molar-refractivity contribution >= 4 is 11.7 Å². The third-order valence-electron chi connectivity index (χ3n) is 3.87. The van der Waals surface area contributed by atoms with Crippen LogP contribution in [0.4, 0.5) is 19.3 Å². The van der Waals surface area contributed by atoms with Crippen LogP contribution in [-0.4, -0.2) is 19.7 Å². The summed E-state index contributed by atoms with van der Waals surface area (Å²) in [6.45, 7) is 0.570. The number of nitrogens with zero attached hydrogens (tertiary/aromatic N) is 1. The van der Waals surface area contributed by atoms with E-state index in [1.54, 1.807) is 7.11 Å². The lowest BCUT2D eigenvalue weighted by molar-refractivity contribution is 0.244. The largest absolute Gasteiger partial charge is 0.497 e. The first-order valence-corrected chi connectivity index (χ1v) is 7.24. The molecule has 2 aromatic rings. The molecule has 1 N–H and O–H groups in total. The van der Waals surface area contributed by atoms with Gasteiger partial charge in [0.05, 0.1) is 12.8 Å². The van der Waals surface area contributed by atoms with Crippen molar-refractivity contribution in [2.45, 2.75) is 13.0 Å². The van der Waals surface area contributed by atoms with Crippen LogP contribution in [0.15, 0.2) is 36.4 Å². The second-order valence-corrected chi connectivity index (χ2v) is 5.30. The second kappa shape index (κ2) is 6.24. The van der Waals surface area contributed by atoms with E-state index in [4.69, 9.17) is 4.74 Å². The van der Waals surface area contributed by atoms with E-state index in [1.165, 1.54) is 4.90 Å². The molecule has 1 aliphatic heterocycles. The lowest BCUT2D eigenvalue weighted by atomic mass is 10.1. The summed E-state index contributed by atoms with van der Waals surface area (Å²) in [6.07, 6.45) is 0.593. The highest BCUT2D eigenvalue weighted by Crippen LogP contribution is 2.27. The van der Waals surface area contributed by atoms with Gasteiger partial charge < -0.3 is 10.1 Å². The minimum Gasteiger partial charge on any atom is -0.497 e. The number of benzene rings is 2. The van der Waals surface area contributed by atoms with Gasteiger partial charge in [-0.2, -0.15) is 0 Å². The molecule has 0 saturated carbocycles. The number of urea groups is 1. The standard InChI is InChI=1S/C17H16F2N2O2/c1-23-13-4-2-11(3-5-13)6-7-21-16-9-15(19)14(18)8-12(16)10-20-17(21)22/h2-5,8-9H,6-7,10H2,1H3,(H,20,22). The first-order valence-electron chi connectivity index (χ1n) is 7.24. The Kier molecular flexibility index (Phi) is 4.14. The number of nitrogens with one attached hydrogen (secondary N) is 1. The van der Waals surface area contributed by atoms with Crippen LogP contribution in [-0.2, 0) is 13.0 Å². The quantitative estimate of drug-likeness (QED) is 0.940. The molecule has 0 radical (unpaired) electrons. The number of anilines is 1. The van der Waals surface area contributed by atoms with E-state index in [9.17, 15) is 13.6 Å². The first-order chi connectivity index (χ1) is 11.1. The summed E-state index contributed by atoms with van der Waals surface area (Å²) in [6, 6.07) is 9.40. The van der Waals surface area contributed by atoms with Gasteiger partial charge in [-0.1, -0.05) is 12.1 Å². The second-order valence-electron chi connectivity index (χ2n) is 5.30. The molecule has 2 aromatic carbocycles. The van der Waals surface area contributed by atoms with E-state index in [0.29, 0.717) is 24.2 Å².